The van der Waals surface area contributed by atoms with E-state index in [0.717, 1.165) is 22.8 Å². The number of methoxy groups -OCH3 is 2. The van der Waals surface area contributed by atoms with Gasteiger partial charge in [-0.1, -0.05) is 23.7 Å². The standard InChI is InChI=1S/C18H18ClNO3S/c1-22-12-7-8-16(23-2)14(11-12)18-20(9-10-24-18)17(21)13-5-3-4-6-15(13)19/h3-8,11,18H,9-10H2,1-2H3/t18-/m0/s1. The predicted octanol–water partition coefficient (Wildman–Crippen LogP) is 4.25. The summed E-state index contributed by atoms with van der Waals surface area (Å²) < 4.78 is 10.8. The lowest BCUT2D eigenvalue weighted by Gasteiger charge is -2.26. The van der Waals surface area contributed by atoms with Crippen molar-refractivity contribution in [3.05, 3.63) is 58.6 Å². The van der Waals surface area contributed by atoms with Gasteiger partial charge >= 0.3 is 0 Å². The fraction of sp³-hybridized carbons (Fsp3) is 0.278. The molecule has 1 heterocycles. The summed E-state index contributed by atoms with van der Waals surface area (Å²) in [6.07, 6.45) is 0. The van der Waals surface area contributed by atoms with Crippen molar-refractivity contribution in [1.29, 1.82) is 0 Å². The van der Waals surface area contributed by atoms with E-state index in [1.165, 1.54) is 0 Å². The summed E-state index contributed by atoms with van der Waals surface area (Å²) in [4.78, 5) is 14.8. The maximum absolute atomic E-state index is 13.0. The summed E-state index contributed by atoms with van der Waals surface area (Å²) in [6.45, 7) is 0.666. The summed E-state index contributed by atoms with van der Waals surface area (Å²) in [7, 11) is 3.26. The van der Waals surface area contributed by atoms with Gasteiger partial charge in [-0.3, -0.25) is 4.79 Å². The Morgan fingerprint density at radius 3 is 2.71 bits per heavy atom. The van der Waals surface area contributed by atoms with Crippen LogP contribution in [0.3, 0.4) is 0 Å². The van der Waals surface area contributed by atoms with E-state index in [-0.39, 0.29) is 11.3 Å². The zero-order chi connectivity index (χ0) is 17.1. The monoisotopic (exact) mass is 363 g/mol. The van der Waals surface area contributed by atoms with Gasteiger partial charge < -0.3 is 14.4 Å². The summed E-state index contributed by atoms with van der Waals surface area (Å²) >= 11 is 7.91. The highest BCUT2D eigenvalue weighted by Crippen LogP contribution is 2.44. The zero-order valence-electron chi connectivity index (χ0n) is 13.5. The Bertz CT molecular complexity index is 753. The van der Waals surface area contributed by atoms with Crippen LogP contribution in [0.25, 0.3) is 0 Å². The summed E-state index contributed by atoms with van der Waals surface area (Å²) in [5.41, 5.74) is 1.45. The maximum Gasteiger partial charge on any atom is 0.256 e. The van der Waals surface area contributed by atoms with E-state index in [1.54, 1.807) is 38.1 Å². The molecule has 24 heavy (non-hydrogen) atoms. The summed E-state index contributed by atoms with van der Waals surface area (Å²) in [6, 6.07) is 12.8. The molecule has 6 heteroatoms. The number of hydrogen-bond donors (Lipinski definition) is 0. The number of thioether (sulfide) groups is 1. The third-order valence-electron chi connectivity index (χ3n) is 3.96. The Labute approximate surface area is 150 Å². The van der Waals surface area contributed by atoms with Gasteiger partial charge in [0.15, 0.2) is 0 Å². The molecule has 2 aromatic rings. The molecule has 0 aromatic heterocycles. The van der Waals surface area contributed by atoms with Crippen molar-refractivity contribution >= 4 is 29.3 Å². The van der Waals surface area contributed by atoms with Crippen LogP contribution in [0.2, 0.25) is 5.02 Å². The smallest absolute Gasteiger partial charge is 0.256 e. The van der Waals surface area contributed by atoms with Gasteiger partial charge in [-0.25, -0.2) is 0 Å². The summed E-state index contributed by atoms with van der Waals surface area (Å²) in [5, 5.41) is 0.342. The molecule has 0 radical (unpaired) electrons. The molecule has 0 aliphatic carbocycles. The van der Waals surface area contributed by atoms with Crippen LogP contribution in [0.1, 0.15) is 21.3 Å². The van der Waals surface area contributed by atoms with Crippen molar-refractivity contribution < 1.29 is 14.3 Å². The second kappa shape index (κ2) is 7.36. The van der Waals surface area contributed by atoms with Crippen LogP contribution >= 0.6 is 23.4 Å². The van der Waals surface area contributed by atoms with Crippen molar-refractivity contribution in [3.63, 3.8) is 0 Å². The lowest BCUT2D eigenvalue weighted by Crippen LogP contribution is -2.30. The van der Waals surface area contributed by atoms with Crippen molar-refractivity contribution in [2.75, 3.05) is 26.5 Å². The molecule has 0 bridgehead atoms. The number of benzene rings is 2. The lowest BCUT2D eigenvalue weighted by molar-refractivity contribution is 0.0759. The number of rotatable bonds is 4. The Morgan fingerprint density at radius 2 is 2.00 bits per heavy atom. The van der Waals surface area contributed by atoms with Crippen LogP contribution in [0, 0.1) is 0 Å². The van der Waals surface area contributed by atoms with Gasteiger partial charge in [0, 0.05) is 17.9 Å². The molecule has 0 unspecified atom stereocenters. The van der Waals surface area contributed by atoms with Gasteiger partial charge in [-0.15, -0.1) is 11.8 Å². The van der Waals surface area contributed by atoms with Crippen LogP contribution in [-0.4, -0.2) is 37.3 Å². The molecule has 1 saturated heterocycles. The van der Waals surface area contributed by atoms with E-state index < -0.39 is 0 Å². The van der Waals surface area contributed by atoms with Crippen LogP contribution in [0.15, 0.2) is 42.5 Å². The average molecular weight is 364 g/mol. The number of carbonyl (C=O) groups excluding carboxylic acids is 1. The normalized spacial score (nSPS) is 17.0. The van der Waals surface area contributed by atoms with Crippen LogP contribution in [0.5, 0.6) is 11.5 Å². The van der Waals surface area contributed by atoms with E-state index in [4.69, 9.17) is 21.1 Å². The Balaban J connectivity index is 1.97. The summed E-state index contributed by atoms with van der Waals surface area (Å²) in [5.74, 6) is 2.28. The number of ether oxygens (including phenoxy) is 2. The van der Waals surface area contributed by atoms with Crippen LogP contribution < -0.4 is 9.47 Å². The van der Waals surface area contributed by atoms with E-state index in [0.29, 0.717) is 17.1 Å². The number of amides is 1. The van der Waals surface area contributed by atoms with Gasteiger partial charge in [0.25, 0.3) is 5.91 Å². The van der Waals surface area contributed by atoms with Crippen molar-refractivity contribution in [3.8, 4) is 11.5 Å². The quantitative estimate of drug-likeness (QED) is 0.814. The van der Waals surface area contributed by atoms with Gasteiger partial charge in [-0.05, 0) is 30.3 Å². The number of hydrogen-bond acceptors (Lipinski definition) is 4. The predicted molar refractivity (Wildman–Crippen MR) is 97.2 cm³/mol. The first-order chi connectivity index (χ1) is 11.7. The molecule has 0 saturated carbocycles. The first-order valence-corrected chi connectivity index (χ1v) is 8.97. The SMILES string of the molecule is COc1ccc(OC)c([C@@H]2SCCN2C(=O)c2ccccc2Cl)c1. The topological polar surface area (TPSA) is 38.8 Å². The van der Waals surface area contributed by atoms with E-state index in [2.05, 4.69) is 0 Å². The molecule has 1 fully saturated rings. The molecule has 1 aliphatic heterocycles. The number of nitrogens with zero attached hydrogens (tertiary/aromatic N) is 1. The van der Waals surface area contributed by atoms with Crippen molar-refractivity contribution in [1.82, 2.24) is 4.90 Å². The largest absolute Gasteiger partial charge is 0.497 e. The van der Waals surface area contributed by atoms with Crippen molar-refractivity contribution in [2.24, 2.45) is 0 Å². The minimum atomic E-state index is -0.126. The molecule has 126 valence electrons. The second-order valence-electron chi connectivity index (χ2n) is 5.31. The molecule has 0 spiro atoms. The first-order valence-electron chi connectivity index (χ1n) is 7.54. The van der Waals surface area contributed by atoms with E-state index >= 15 is 0 Å². The van der Waals surface area contributed by atoms with Gasteiger partial charge in [0.1, 0.15) is 16.9 Å². The molecular formula is C18H18ClNO3S. The fourth-order valence-electron chi connectivity index (χ4n) is 2.76. The highest BCUT2D eigenvalue weighted by molar-refractivity contribution is 7.99. The first kappa shape index (κ1) is 17.0. The van der Waals surface area contributed by atoms with E-state index in [1.807, 2.05) is 35.2 Å². The Morgan fingerprint density at radius 1 is 1.21 bits per heavy atom. The minimum absolute atomic E-state index is 0.0690. The minimum Gasteiger partial charge on any atom is -0.497 e. The second-order valence-corrected chi connectivity index (χ2v) is 6.90. The fourth-order valence-corrected chi connectivity index (χ4v) is 4.24. The van der Waals surface area contributed by atoms with Crippen molar-refractivity contribution in [2.45, 2.75) is 5.37 Å². The van der Waals surface area contributed by atoms with Crippen LogP contribution in [-0.2, 0) is 0 Å². The third kappa shape index (κ3) is 3.19. The molecule has 0 N–H and O–H groups in total. The molecular weight excluding hydrogens is 346 g/mol. The van der Waals surface area contributed by atoms with Crippen LogP contribution in [0.4, 0.5) is 0 Å². The molecule has 3 rings (SSSR count). The Kier molecular flexibility index (Phi) is 5.21. The van der Waals surface area contributed by atoms with Gasteiger partial charge in [-0.2, -0.15) is 0 Å². The number of carbonyl (C=O) groups is 1. The maximum atomic E-state index is 13.0. The van der Waals surface area contributed by atoms with Gasteiger partial charge in [0.05, 0.1) is 24.8 Å². The molecule has 2 aromatic carbocycles. The highest BCUT2D eigenvalue weighted by atomic mass is 35.5. The molecule has 4 nitrogen and oxygen atoms in total. The van der Waals surface area contributed by atoms with Gasteiger partial charge in [0.2, 0.25) is 0 Å². The Hall–Kier alpha value is -1.85. The number of halogens is 1. The molecule has 1 atom stereocenters. The van der Waals surface area contributed by atoms with E-state index in [9.17, 15) is 4.79 Å². The molecule has 1 amide bonds. The molecule has 1 aliphatic rings. The third-order valence-corrected chi connectivity index (χ3v) is 5.53. The highest BCUT2D eigenvalue weighted by Gasteiger charge is 2.34. The zero-order valence-corrected chi connectivity index (χ0v) is 15.1. The lowest BCUT2D eigenvalue weighted by atomic mass is 10.1. The average Bonchev–Trinajstić information content (AvgIpc) is 3.10.